The van der Waals surface area contributed by atoms with Crippen molar-refractivity contribution in [2.75, 3.05) is 31.1 Å². The van der Waals surface area contributed by atoms with Crippen LogP contribution in [-0.2, 0) is 4.79 Å². The number of carbonyl (C=O) groups excluding carboxylic acids is 1. The third-order valence-corrected chi connectivity index (χ3v) is 4.99. The summed E-state index contributed by atoms with van der Waals surface area (Å²) in [7, 11) is 0. The maximum Gasteiger partial charge on any atom is 0.242 e. The summed E-state index contributed by atoms with van der Waals surface area (Å²) in [6.07, 6.45) is 5.62. The first kappa shape index (κ1) is 20.5. The molecular formula is C15H23BrCl2N4O. The fourth-order valence-electron chi connectivity index (χ4n) is 3.23. The lowest BCUT2D eigenvalue weighted by atomic mass is 9.97. The molecule has 2 heterocycles. The van der Waals surface area contributed by atoms with E-state index in [1.54, 1.807) is 6.20 Å². The molecule has 0 bridgehead atoms. The molecule has 1 amide bonds. The summed E-state index contributed by atoms with van der Waals surface area (Å²) in [5.74, 6) is 1.11. The van der Waals surface area contributed by atoms with Crippen LogP contribution in [-0.4, -0.2) is 47.5 Å². The van der Waals surface area contributed by atoms with Gasteiger partial charge in [0.15, 0.2) is 0 Å². The Morgan fingerprint density at radius 2 is 1.74 bits per heavy atom. The van der Waals surface area contributed by atoms with Crippen molar-refractivity contribution in [1.82, 2.24) is 9.88 Å². The second-order valence-electron chi connectivity index (χ2n) is 5.98. The number of piperazine rings is 1. The van der Waals surface area contributed by atoms with Crippen LogP contribution in [0.25, 0.3) is 0 Å². The minimum atomic E-state index is -0.599. The number of nitrogens with two attached hydrogens (primary N) is 1. The molecule has 2 N–H and O–H groups in total. The highest BCUT2D eigenvalue weighted by molar-refractivity contribution is 9.10. The lowest BCUT2D eigenvalue weighted by Crippen LogP contribution is -2.58. The van der Waals surface area contributed by atoms with Gasteiger partial charge in [-0.05, 0) is 40.9 Å². The number of hydrogen-bond acceptors (Lipinski definition) is 4. The van der Waals surface area contributed by atoms with Crippen LogP contribution < -0.4 is 10.6 Å². The summed E-state index contributed by atoms with van der Waals surface area (Å²) >= 11 is 3.39. The van der Waals surface area contributed by atoms with Gasteiger partial charge < -0.3 is 15.5 Å². The van der Waals surface area contributed by atoms with Crippen molar-refractivity contribution in [2.45, 2.75) is 31.2 Å². The van der Waals surface area contributed by atoms with Gasteiger partial charge in [-0.2, -0.15) is 0 Å². The van der Waals surface area contributed by atoms with Crippen LogP contribution in [0, 0.1) is 0 Å². The molecule has 1 aromatic rings. The van der Waals surface area contributed by atoms with Crippen molar-refractivity contribution in [2.24, 2.45) is 5.73 Å². The van der Waals surface area contributed by atoms with Crippen LogP contribution in [0.5, 0.6) is 0 Å². The van der Waals surface area contributed by atoms with E-state index < -0.39 is 5.54 Å². The van der Waals surface area contributed by atoms with Gasteiger partial charge in [-0.1, -0.05) is 12.8 Å². The number of hydrogen-bond donors (Lipinski definition) is 1. The highest BCUT2D eigenvalue weighted by Crippen LogP contribution is 2.29. The lowest BCUT2D eigenvalue weighted by molar-refractivity contribution is -0.137. The van der Waals surface area contributed by atoms with E-state index in [0.717, 1.165) is 62.2 Å². The minimum absolute atomic E-state index is 0. The molecule has 3 rings (SSSR count). The summed E-state index contributed by atoms with van der Waals surface area (Å²) in [5, 5.41) is 0. The molecule has 0 spiro atoms. The second-order valence-corrected chi connectivity index (χ2v) is 6.89. The Morgan fingerprint density at radius 1 is 1.13 bits per heavy atom. The monoisotopic (exact) mass is 424 g/mol. The second kappa shape index (κ2) is 8.51. The molecule has 0 radical (unpaired) electrons. The number of rotatable bonds is 2. The SMILES string of the molecule is Cl.Cl.NC1(C(=O)N2CCN(c3ccc(Br)cn3)CC2)CCCC1. The average molecular weight is 426 g/mol. The van der Waals surface area contributed by atoms with E-state index in [-0.39, 0.29) is 30.7 Å². The first-order chi connectivity index (χ1) is 10.1. The molecule has 0 aromatic carbocycles. The molecular weight excluding hydrogens is 403 g/mol. The zero-order valence-electron chi connectivity index (χ0n) is 12.9. The molecule has 130 valence electrons. The van der Waals surface area contributed by atoms with Crippen molar-refractivity contribution < 1.29 is 4.79 Å². The van der Waals surface area contributed by atoms with Gasteiger partial charge in [-0.3, -0.25) is 4.79 Å². The van der Waals surface area contributed by atoms with Crippen molar-refractivity contribution in [3.05, 3.63) is 22.8 Å². The van der Waals surface area contributed by atoms with Gasteiger partial charge in [0.25, 0.3) is 0 Å². The van der Waals surface area contributed by atoms with E-state index >= 15 is 0 Å². The highest BCUT2D eigenvalue weighted by Gasteiger charge is 2.40. The van der Waals surface area contributed by atoms with Gasteiger partial charge in [-0.15, -0.1) is 24.8 Å². The maximum atomic E-state index is 12.6. The lowest BCUT2D eigenvalue weighted by Gasteiger charge is -2.38. The maximum absolute atomic E-state index is 12.6. The molecule has 2 fully saturated rings. The van der Waals surface area contributed by atoms with Gasteiger partial charge in [0.05, 0.1) is 5.54 Å². The van der Waals surface area contributed by atoms with Gasteiger partial charge in [0.1, 0.15) is 5.82 Å². The minimum Gasteiger partial charge on any atom is -0.353 e. The smallest absolute Gasteiger partial charge is 0.242 e. The average Bonchev–Trinajstić information content (AvgIpc) is 2.96. The van der Waals surface area contributed by atoms with E-state index in [1.165, 1.54) is 0 Å². The Hall–Kier alpha value is -0.560. The van der Waals surface area contributed by atoms with Crippen LogP contribution in [0.3, 0.4) is 0 Å². The van der Waals surface area contributed by atoms with Crippen LogP contribution in [0.15, 0.2) is 22.8 Å². The van der Waals surface area contributed by atoms with Gasteiger partial charge in [0, 0.05) is 36.8 Å². The van der Waals surface area contributed by atoms with Crippen LogP contribution in [0.2, 0.25) is 0 Å². The quantitative estimate of drug-likeness (QED) is 0.790. The van der Waals surface area contributed by atoms with Crippen LogP contribution >= 0.6 is 40.7 Å². The first-order valence-electron chi connectivity index (χ1n) is 7.53. The zero-order valence-corrected chi connectivity index (χ0v) is 16.1. The summed E-state index contributed by atoms with van der Waals surface area (Å²) in [6.45, 7) is 3.10. The summed E-state index contributed by atoms with van der Waals surface area (Å²) < 4.78 is 0.978. The molecule has 0 atom stereocenters. The summed E-state index contributed by atoms with van der Waals surface area (Å²) in [4.78, 5) is 21.1. The van der Waals surface area contributed by atoms with E-state index in [1.807, 2.05) is 17.0 Å². The van der Waals surface area contributed by atoms with E-state index in [9.17, 15) is 4.79 Å². The Bertz CT molecular complexity index is 515. The predicted octanol–water partition coefficient (Wildman–Crippen LogP) is 2.61. The molecule has 23 heavy (non-hydrogen) atoms. The van der Waals surface area contributed by atoms with Crippen LogP contribution in [0.1, 0.15) is 25.7 Å². The molecule has 2 aliphatic rings. The van der Waals surface area contributed by atoms with Gasteiger partial charge in [-0.25, -0.2) is 4.98 Å². The van der Waals surface area contributed by atoms with E-state index in [0.29, 0.717) is 0 Å². The molecule has 5 nitrogen and oxygen atoms in total. The first-order valence-corrected chi connectivity index (χ1v) is 8.33. The fourth-order valence-corrected chi connectivity index (χ4v) is 3.46. The number of amides is 1. The third kappa shape index (κ3) is 4.50. The Balaban J connectivity index is 0.00000132. The molecule has 8 heteroatoms. The molecule has 1 saturated carbocycles. The van der Waals surface area contributed by atoms with E-state index in [4.69, 9.17) is 5.73 Å². The highest BCUT2D eigenvalue weighted by atomic mass is 79.9. The number of pyridine rings is 1. The van der Waals surface area contributed by atoms with Gasteiger partial charge in [0.2, 0.25) is 5.91 Å². The number of nitrogens with zero attached hydrogens (tertiary/aromatic N) is 3. The standard InChI is InChI=1S/C15H21BrN4O.2ClH/c16-12-3-4-13(18-11-12)19-7-9-20(10-8-19)14(21)15(17)5-1-2-6-15;;/h3-4,11H,1-2,5-10,17H2;2*1H. The molecule has 1 aliphatic heterocycles. The number of anilines is 1. The molecule has 1 aromatic heterocycles. The van der Waals surface area contributed by atoms with Crippen LogP contribution in [0.4, 0.5) is 5.82 Å². The predicted molar refractivity (Wildman–Crippen MR) is 101 cm³/mol. The molecule has 1 aliphatic carbocycles. The topological polar surface area (TPSA) is 62.5 Å². The molecule has 1 saturated heterocycles. The van der Waals surface area contributed by atoms with Crippen molar-refractivity contribution in [1.29, 1.82) is 0 Å². The van der Waals surface area contributed by atoms with E-state index in [2.05, 4.69) is 25.8 Å². The van der Waals surface area contributed by atoms with Gasteiger partial charge >= 0.3 is 0 Å². The number of halogens is 3. The molecule has 0 unspecified atom stereocenters. The zero-order chi connectivity index (χ0) is 14.9. The fraction of sp³-hybridized carbons (Fsp3) is 0.600. The van der Waals surface area contributed by atoms with Crippen molar-refractivity contribution in [3.63, 3.8) is 0 Å². The third-order valence-electron chi connectivity index (χ3n) is 4.52. The van der Waals surface area contributed by atoms with Crippen molar-refractivity contribution >= 4 is 52.5 Å². The normalized spacial score (nSPS) is 19.7. The largest absolute Gasteiger partial charge is 0.353 e. The number of aromatic nitrogens is 1. The van der Waals surface area contributed by atoms with Crippen molar-refractivity contribution in [3.8, 4) is 0 Å². The number of carbonyl (C=O) groups is 1. The Labute approximate surface area is 157 Å². The summed E-state index contributed by atoms with van der Waals surface area (Å²) in [5.41, 5.74) is 5.67. The summed E-state index contributed by atoms with van der Waals surface area (Å²) in [6, 6.07) is 4.00. The Morgan fingerprint density at radius 3 is 2.26 bits per heavy atom. The Kier molecular flexibility index (Phi) is 7.58.